The molecule has 4 rings (SSSR count). The summed E-state index contributed by atoms with van der Waals surface area (Å²) < 4.78 is 0. The zero-order chi connectivity index (χ0) is 17.9. The minimum absolute atomic E-state index is 0.0720. The number of carbonyl (C=O) groups is 1. The SMILES string of the molecule is NNC(=O)c1nc(-c2ccccc2)cc(N2CCc3ccccc3C2)n1. The molecule has 0 atom stereocenters. The Bertz CT molecular complexity index is 942. The molecule has 0 aliphatic carbocycles. The van der Waals surface area contributed by atoms with Gasteiger partial charge in [0, 0.05) is 24.7 Å². The molecule has 0 saturated carbocycles. The molecule has 2 heterocycles. The van der Waals surface area contributed by atoms with Crippen LogP contribution in [0.15, 0.2) is 60.7 Å². The number of anilines is 1. The number of nitrogens with zero attached hydrogens (tertiary/aromatic N) is 3. The minimum Gasteiger partial charge on any atom is -0.352 e. The van der Waals surface area contributed by atoms with Crippen LogP contribution in [-0.2, 0) is 13.0 Å². The first kappa shape index (κ1) is 16.2. The van der Waals surface area contributed by atoms with Crippen LogP contribution in [0.1, 0.15) is 21.7 Å². The van der Waals surface area contributed by atoms with Crippen molar-refractivity contribution in [2.24, 2.45) is 5.84 Å². The third-order valence-corrected chi connectivity index (χ3v) is 4.57. The van der Waals surface area contributed by atoms with E-state index in [0.29, 0.717) is 5.69 Å². The van der Waals surface area contributed by atoms with E-state index < -0.39 is 5.91 Å². The van der Waals surface area contributed by atoms with Crippen molar-refractivity contribution >= 4 is 11.7 Å². The summed E-state index contributed by atoms with van der Waals surface area (Å²) in [6, 6.07) is 20.1. The molecule has 0 radical (unpaired) electrons. The van der Waals surface area contributed by atoms with E-state index in [1.54, 1.807) is 0 Å². The standard InChI is InChI=1S/C20H19N5O/c21-24-20(26)19-22-17(15-7-2-1-3-8-15)12-18(23-19)25-11-10-14-6-4-5-9-16(14)13-25/h1-9,12H,10-11,13,21H2,(H,24,26). The highest BCUT2D eigenvalue weighted by molar-refractivity contribution is 5.91. The summed E-state index contributed by atoms with van der Waals surface area (Å²) in [4.78, 5) is 23.1. The van der Waals surface area contributed by atoms with Crippen LogP contribution in [0.4, 0.5) is 5.82 Å². The highest BCUT2D eigenvalue weighted by Gasteiger charge is 2.20. The van der Waals surface area contributed by atoms with Crippen LogP contribution in [0.3, 0.4) is 0 Å². The molecule has 0 spiro atoms. The molecule has 3 N–H and O–H groups in total. The Balaban J connectivity index is 1.75. The molecule has 3 aromatic rings. The van der Waals surface area contributed by atoms with E-state index in [0.717, 1.165) is 30.9 Å². The topological polar surface area (TPSA) is 84.1 Å². The van der Waals surface area contributed by atoms with Gasteiger partial charge in [-0.05, 0) is 17.5 Å². The lowest BCUT2D eigenvalue weighted by Crippen LogP contribution is -2.34. The Labute approximate surface area is 151 Å². The van der Waals surface area contributed by atoms with Crippen molar-refractivity contribution in [2.45, 2.75) is 13.0 Å². The Morgan fingerprint density at radius 2 is 1.73 bits per heavy atom. The second kappa shape index (κ2) is 6.93. The molecule has 0 bridgehead atoms. The number of benzene rings is 2. The largest absolute Gasteiger partial charge is 0.352 e. The highest BCUT2D eigenvalue weighted by Crippen LogP contribution is 2.26. The van der Waals surface area contributed by atoms with E-state index in [1.165, 1.54) is 11.1 Å². The normalized spacial score (nSPS) is 13.2. The average Bonchev–Trinajstić information content (AvgIpc) is 2.73. The number of hydrogen-bond donors (Lipinski definition) is 2. The first-order valence-electron chi connectivity index (χ1n) is 8.52. The van der Waals surface area contributed by atoms with Crippen LogP contribution in [0.5, 0.6) is 0 Å². The summed E-state index contributed by atoms with van der Waals surface area (Å²) in [7, 11) is 0. The third-order valence-electron chi connectivity index (χ3n) is 4.57. The predicted molar refractivity (Wildman–Crippen MR) is 100 cm³/mol. The smallest absolute Gasteiger partial charge is 0.303 e. The number of hydrazine groups is 1. The van der Waals surface area contributed by atoms with Crippen molar-refractivity contribution in [3.63, 3.8) is 0 Å². The monoisotopic (exact) mass is 345 g/mol. The molecule has 1 aromatic heterocycles. The molecule has 130 valence electrons. The predicted octanol–water partition coefficient (Wildman–Crippen LogP) is 2.31. The van der Waals surface area contributed by atoms with Crippen LogP contribution in [0, 0.1) is 0 Å². The van der Waals surface area contributed by atoms with Gasteiger partial charge in [-0.3, -0.25) is 10.2 Å². The quantitative estimate of drug-likeness (QED) is 0.432. The maximum Gasteiger partial charge on any atom is 0.303 e. The summed E-state index contributed by atoms with van der Waals surface area (Å²) in [5.41, 5.74) is 6.40. The van der Waals surface area contributed by atoms with E-state index in [1.807, 2.05) is 42.5 Å². The molecule has 0 saturated heterocycles. The molecule has 6 heteroatoms. The summed E-state index contributed by atoms with van der Waals surface area (Å²) in [6.07, 6.45) is 0.944. The number of carbonyl (C=O) groups excluding carboxylic acids is 1. The number of aromatic nitrogens is 2. The Morgan fingerprint density at radius 1 is 1.00 bits per heavy atom. The van der Waals surface area contributed by atoms with Crippen LogP contribution < -0.4 is 16.2 Å². The first-order valence-corrected chi connectivity index (χ1v) is 8.52. The maximum absolute atomic E-state index is 12.1. The average molecular weight is 345 g/mol. The maximum atomic E-state index is 12.1. The molecule has 0 unspecified atom stereocenters. The van der Waals surface area contributed by atoms with Gasteiger partial charge in [0.1, 0.15) is 5.82 Å². The first-order chi connectivity index (χ1) is 12.7. The van der Waals surface area contributed by atoms with Crippen LogP contribution in [0.2, 0.25) is 0 Å². The molecule has 6 nitrogen and oxygen atoms in total. The fourth-order valence-electron chi connectivity index (χ4n) is 3.21. The molecule has 1 amide bonds. The highest BCUT2D eigenvalue weighted by atomic mass is 16.2. The van der Waals surface area contributed by atoms with Gasteiger partial charge >= 0.3 is 5.91 Å². The summed E-state index contributed by atoms with van der Waals surface area (Å²) in [5, 5.41) is 0. The third kappa shape index (κ3) is 3.14. The van der Waals surface area contributed by atoms with E-state index in [9.17, 15) is 4.79 Å². The second-order valence-electron chi connectivity index (χ2n) is 6.21. The van der Waals surface area contributed by atoms with Crippen LogP contribution in [-0.4, -0.2) is 22.4 Å². The summed E-state index contributed by atoms with van der Waals surface area (Å²) >= 11 is 0. The lowest BCUT2D eigenvalue weighted by Gasteiger charge is -2.30. The summed E-state index contributed by atoms with van der Waals surface area (Å²) in [5.74, 6) is 5.59. The van der Waals surface area contributed by atoms with Gasteiger partial charge in [0.2, 0.25) is 5.82 Å². The van der Waals surface area contributed by atoms with Crippen molar-refractivity contribution in [3.05, 3.63) is 77.6 Å². The fourth-order valence-corrected chi connectivity index (χ4v) is 3.21. The number of nitrogens with two attached hydrogens (primary N) is 1. The number of amides is 1. The molecule has 1 aliphatic rings. The molecule has 2 aromatic carbocycles. The van der Waals surface area contributed by atoms with Gasteiger partial charge in [0.25, 0.3) is 0 Å². The fraction of sp³-hybridized carbons (Fsp3) is 0.150. The van der Waals surface area contributed by atoms with E-state index in [2.05, 4.69) is 38.5 Å². The van der Waals surface area contributed by atoms with Crippen LogP contribution in [0.25, 0.3) is 11.3 Å². The van der Waals surface area contributed by atoms with E-state index in [-0.39, 0.29) is 5.82 Å². The molecule has 26 heavy (non-hydrogen) atoms. The van der Waals surface area contributed by atoms with Gasteiger partial charge in [-0.25, -0.2) is 15.8 Å². The van der Waals surface area contributed by atoms with Gasteiger partial charge in [-0.2, -0.15) is 0 Å². The van der Waals surface area contributed by atoms with Gasteiger partial charge < -0.3 is 4.90 Å². The molecule has 1 aliphatic heterocycles. The second-order valence-corrected chi connectivity index (χ2v) is 6.21. The number of fused-ring (bicyclic) bond motifs is 1. The lowest BCUT2D eigenvalue weighted by atomic mass is 10.00. The van der Waals surface area contributed by atoms with Crippen molar-refractivity contribution in [1.82, 2.24) is 15.4 Å². The molecular formula is C20H19N5O. The molecule has 0 fully saturated rings. The Hall–Kier alpha value is -3.25. The Kier molecular flexibility index (Phi) is 4.33. The minimum atomic E-state index is -0.499. The Morgan fingerprint density at radius 3 is 2.50 bits per heavy atom. The van der Waals surface area contributed by atoms with Crippen molar-refractivity contribution in [3.8, 4) is 11.3 Å². The van der Waals surface area contributed by atoms with E-state index in [4.69, 9.17) is 5.84 Å². The van der Waals surface area contributed by atoms with Crippen LogP contribution >= 0.6 is 0 Å². The lowest BCUT2D eigenvalue weighted by molar-refractivity contribution is 0.0943. The number of nitrogens with one attached hydrogen (secondary N) is 1. The van der Waals surface area contributed by atoms with Gasteiger partial charge in [0.15, 0.2) is 0 Å². The molecular weight excluding hydrogens is 326 g/mol. The number of rotatable bonds is 3. The summed E-state index contributed by atoms with van der Waals surface area (Å²) in [6.45, 7) is 1.59. The van der Waals surface area contributed by atoms with Crippen molar-refractivity contribution in [2.75, 3.05) is 11.4 Å². The van der Waals surface area contributed by atoms with Gasteiger partial charge in [-0.15, -0.1) is 0 Å². The zero-order valence-electron chi connectivity index (χ0n) is 14.2. The zero-order valence-corrected chi connectivity index (χ0v) is 14.2. The van der Waals surface area contributed by atoms with Crippen molar-refractivity contribution < 1.29 is 4.79 Å². The number of hydrogen-bond acceptors (Lipinski definition) is 5. The van der Waals surface area contributed by atoms with Gasteiger partial charge in [0.05, 0.1) is 5.69 Å². The van der Waals surface area contributed by atoms with Crippen molar-refractivity contribution in [1.29, 1.82) is 0 Å². The van der Waals surface area contributed by atoms with Gasteiger partial charge in [-0.1, -0.05) is 54.6 Å². The number of nitrogen functional groups attached to an aromatic ring is 1. The van der Waals surface area contributed by atoms with E-state index >= 15 is 0 Å².